The molecule has 5 heteroatoms. The third-order valence-corrected chi connectivity index (χ3v) is 4.30. The van der Waals surface area contributed by atoms with E-state index >= 15 is 0 Å². The minimum atomic E-state index is 0.0944. The molecule has 1 N–H and O–H groups in total. The summed E-state index contributed by atoms with van der Waals surface area (Å²) in [6.45, 7) is 0.644. The molecule has 1 saturated heterocycles. The molecule has 2 aromatic carbocycles. The van der Waals surface area contributed by atoms with Gasteiger partial charge < -0.3 is 14.6 Å². The van der Waals surface area contributed by atoms with Crippen LogP contribution in [0.5, 0.6) is 5.75 Å². The molecule has 1 atom stereocenters. The highest BCUT2D eigenvalue weighted by atomic mass is 16.5. The zero-order valence-corrected chi connectivity index (χ0v) is 12.8. The van der Waals surface area contributed by atoms with Crippen molar-refractivity contribution in [2.45, 2.75) is 12.3 Å². The molecular formula is C18H17N3O2. The van der Waals surface area contributed by atoms with Gasteiger partial charge in [-0.05, 0) is 36.4 Å². The first-order valence-electron chi connectivity index (χ1n) is 7.63. The van der Waals surface area contributed by atoms with Gasteiger partial charge in [-0.25, -0.2) is 4.98 Å². The van der Waals surface area contributed by atoms with Crippen molar-refractivity contribution in [3.63, 3.8) is 0 Å². The number of ether oxygens (including phenoxy) is 1. The summed E-state index contributed by atoms with van der Waals surface area (Å²) >= 11 is 0. The normalized spacial score (nSPS) is 17.9. The number of methoxy groups -OCH3 is 1. The maximum atomic E-state index is 12.4. The molecule has 1 aromatic heterocycles. The Balaban J connectivity index is 1.59. The van der Waals surface area contributed by atoms with E-state index in [1.54, 1.807) is 7.11 Å². The number of imidazole rings is 1. The first-order valence-corrected chi connectivity index (χ1v) is 7.63. The maximum Gasteiger partial charge on any atom is 0.227 e. The predicted molar refractivity (Wildman–Crippen MR) is 88.8 cm³/mol. The Kier molecular flexibility index (Phi) is 3.26. The van der Waals surface area contributed by atoms with Crippen molar-refractivity contribution in [3.05, 3.63) is 54.4 Å². The highest BCUT2D eigenvalue weighted by Crippen LogP contribution is 2.32. The average Bonchev–Trinajstić information content (AvgIpc) is 3.18. The first-order chi connectivity index (χ1) is 11.2. The summed E-state index contributed by atoms with van der Waals surface area (Å²) in [7, 11) is 1.63. The number of carbonyl (C=O) groups is 1. The van der Waals surface area contributed by atoms with Gasteiger partial charge in [0.2, 0.25) is 5.91 Å². The second kappa shape index (κ2) is 5.43. The number of amides is 1. The molecule has 3 aromatic rings. The van der Waals surface area contributed by atoms with Crippen LogP contribution in [0.1, 0.15) is 18.2 Å². The lowest BCUT2D eigenvalue weighted by Crippen LogP contribution is -2.24. The van der Waals surface area contributed by atoms with Crippen LogP contribution in [-0.4, -0.2) is 29.5 Å². The number of carbonyl (C=O) groups excluding carboxylic acids is 1. The highest BCUT2D eigenvalue weighted by Gasteiger charge is 2.33. The molecule has 1 aliphatic rings. The Morgan fingerprint density at radius 2 is 1.96 bits per heavy atom. The number of aromatic amines is 1. The van der Waals surface area contributed by atoms with Gasteiger partial charge in [0.15, 0.2) is 0 Å². The Bertz CT molecular complexity index is 821. The second-order valence-corrected chi connectivity index (χ2v) is 5.74. The van der Waals surface area contributed by atoms with E-state index in [1.165, 1.54) is 0 Å². The molecule has 5 nitrogen and oxygen atoms in total. The van der Waals surface area contributed by atoms with Crippen LogP contribution in [0.2, 0.25) is 0 Å². The molecular weight excluding hydrogens is 290 g/mol. The van der Waals surface area contributed by atoms with Gasteiger partial charge in [-0.2, -0.15) is 0 Å². The van der Waals surface area contributed by atoms with Crippen LogP contribution in [0.25, 0.3) is 11.0 Å². The standard InChI is InChI=1S/C18H17N3O2/c1-23-14-8-6-13(7-9-14)21-11-12(10-17(21)22)18-19-15-4-2-3-5-16(15)20-18/h2-9,12H,10-11H2,1H3,(H,19,20)/t12-/m1/s1. The Hall–Kier alpha value is -2.82. The molecule has 1 fully saturated rings. The number of nitrogens with zero attached hydrogens (tertiary/aromatic N) is 2. The van der Waals surface area contributed by atoms with E-state index in [1.807, 2.05) is 53.4 Å². The molecule has 0 unspecified atom stereocenters. The smallest absolute Gasteiger partial charge is 0.227 e. The third-order valence-electron chi connectivity index (χ3n) is 4.30. The van der Waals surface area contributed by atoms with Crippen molar-refractivity contribution in [1.29, 1.82) is 0 Å². The number of fused-ring (bicyclic) bond motifs is 1. The lowest BCUT2D eigenvalue weighted by atomic mass is 10.1. The van der Waals surface area contributed by atoms with Crippen LogP contribution in [0.15, 0.2) is 48.5 Å². The zero-order valence-electron chi connectivity index (χ0n) is 12.8. The number of para-hydroxylation sites is 2. The SMILES string of the molecule is COc1ccc(N2C[C@H](c3nc4ccccc4[nH]3)CC2=O)cc1. The number of aromatic nitrogens is 2. The summed E-state index contributed by atoms with van der Waals surface area (Å²) in [4.78, 5) is 22.2. The second-order valence-electron chi connectivity index (χ2n) is 5.74. The van der Waals surface area contributed by atoms with Crippen molar-refractivity contribution >= 4 is 22.6 Å². The molecule has 23 heavy (non-hydrogen) atoms. The minimum Gasteiger partial charge on any atom is -0.497 e. The average molecular weight is 307 g/mol. The molecule has 4 rings (SSSR count). The molecule has 0 spiro atoms. The predicted octanol–water partition coefficient (Wildman–Crippen LogP) is 3.09. The summed E-state index contributed by atoms with van der Waals surface area (Å²) in [6.07, 6.45) is 0.478. The van der Waals surface area contributed by atoms with E-state index in [-0.39, 0.29) is 11.8 Å². The van der Waals surface area contributed by atoms with Crippen molar-refractivity contribution < 1.29 is 9.53 Å². The van der Waals surface area contributed by atoms with Gasteiger partial charge in [-0.3, -0.25) is 4.79 Å². The summed E-state index contributed by atoms with van der Waals surface area (Å²) < 4.78 is 5.16. The van der Waals surface area contributed by atoms with Crippen LogP contribution in [-0.2, 0) is 4.79 Å². The first kappa shape index (κ1) is 13.8. The monoisotopic (exact) mass is 307 g/mol. The summed E-state index contributed by atoms with van der Waals surface area (Å²) in [5, 5.41) is 0. The lowest BCUT2D eigenvalue weighted by molar-refractivity contribution is -0.117. The number of hydrogen-bond donors (Lipinski definition) is 1. The van der Waals surface area contributed by atoms with Crippen LogP contribution in [0, 0.1) is 0 Å². The van der Waals surface area contributed by atoms with E-state index in [4.69, 9.17) is 4.74 Å². The molecule has 0 saturated carbocycles. The number of anilines is 1. The van der Waals surface area contributed by atoms with E-state index in [0.29, 0.717) is 13.0 Å². The fourth-order valence-corrected chi connectivity index (χ4v) is 3.07. The maximum absolute atomic E-state index is 12.4. The topological polar surface area (TPSA) is 58.2 Å². The Morgan fingerprint density at radius 1 is 1.17 bits per heavy atom. The Morgan fingerprint density at radius 3 is 2.70 bits per heavy atom. The summed E-state index contributed by atoms with van der Waals surface area (Å²) in [5.74, 6) is 1.89. The molecule has 1 aliphatic heterocycles. The van der Waals surface area contributed by atoms with Gasteiger partial charge >= 0.3 is 0 Å². The van der Waals surface area contributed by atoms with Crippen LogP contribution in [0.4, 0.5) is 5.69 Å². The Labute approximate surface area is 133 Å². The minimum absolute atomic E-state index is 0.0944. The largest absolute Gasteiger partial charge is 0.497 e. The van der Waals surface area contributed by atoms with Gasteiger partial charge in [0, 0.05) is 24.6 Å². The lowest BCUT2D eigenvalue weighted by Gasteiger charge is -2.16. The zero-order chi connectivity index (χ0) is 15.8. The van der Waals surface area contributed by atoms with Gasteiger partial charge in [0.05, 0.1) is 18.1 Å². The van der Waals surface area contributed by atoms with Gasteiger partial charge in [0.1, 0.15) is 11.6 Å². The van der Waals surface area contributed by atoms with E-state index in [0.717, 1.165) is 28.3 Å². The summed E-state index contributed by atoms with van der Waals surface area (Å²) in [5.41, 5.74) is 2.85. The van der Waals surface area contributed by atoms with Gasteiger partial charge in [-0.1, -0.05) is 12.1 Å². The molecule has 0 bridgehead atoms. The van der Waals surface area contributed by atoms with Crippen LogP contribution < -0.4 is 9.64 Å². The fourth-order valence-electron chi connectivity index (χ4n) is 3.07. The molecule has 0 aliphatic carbocycles. The van der Waals surface area contributed by atoms with Crippen molar-refractivity contribution in [3.8, 4) is 5.75 Å². The number of hydrogen-bond acceptors (Lipinski definition) is 3. The number of benzene rings is 2. The summed E-state index contributed by atoms with van der Waals surface area (Å²) in [6, 6.07) is 15.5. The number of rotatable bonds is 3. The highest BCUT2D eigenvalue weighted by molar-refractivity contribution is 5.96. The molecule has 2 heterocycles. The van der Waals surface area contributed by atoms with E-state index in [2.05, 4.69) is 9.97 Å². The van der Waals surface area contributed by atoms with Crippen molar-refractivity contribution in [2.75, 3.05) is 18.6 Å². The third kappa shape index (κ3) is 2.44. The van der Waals surface area contributed by atoms with E-state index < -0.39 is 0 Å². The quantitative estimate of drug-likeness (QED) is 0.809. The molecule has 1 amide bonds. The van der Waals surface area contributed by atoms with E-state index in [9.17, 15) is 4.79 Å². The van der Waals surface area contributed by atoms with Crippen molar-refractivity contribution in [1.82, 2.24) is 9.97 Å². The van der Waals surface area contributed by atoms with Gasteiger partial charge in [0.25, 0.3) is 0 Å². The van der Waals surface area contributed by atoms with Crippen molar-refractivity contribution in [2.24, 2.45) is 0 Å². The molecule has 116 valence electrons. The van der Waals surface area contributed by atoms with Gasteiger partial charge in [-0.15, -0.1) is 0 Å². The molecule has 0 radical (unpaired) electrons. The van der Waals surface area contributed by atoms with Crippen LogP contribution >= 0.6 is 0 Å². The number of nitrogens with one attached hydrogen (secondary N) is 1. The fraction of sp³-hybridized carbons (Fsp3) is 0.222. The number of H-pyrrole nitrogens is 1. The van der Waals surface area contributed by atoms with Crippen LogP contribution in [0.3, 0.4) is 0 Å².